The predicted molar refractivity (Wildman–Crippen MR) is 114 cm³/mol. The van der Waals surface area contributed by atoms with Crippen molar-refractivity contribution in [3.05, 3.63) is 94.5 Å². The summed E-state index contributed by atoms with van der Waals surface area (Å²) in [6.07, 6.45) is 1.51. The maximum Gasteiger partial charge on any atom is 0.273 e. The van der Waals surface area contributed by atoms with E-state index in [0.717, 1.165) is 5.56 Å². The van der Waals surface area contributed by atoms with Gasteiger partial charge in [0.2, 0.25) is 0 Å². The molecular formula is C22H18ClN3O3. The summed E-state index contributed by atoms with van der Waals surface area (Å²) in [5, 5.41) is 7.32. The molecule has 29 heavy (non-hydrogen) atoms. The van der Waals surface area contributed by atoms with Crippen molar-refractivity contribution in [1.82, 2.24) is 5.43 Å². The van der Waals surface area contributed by atoms with E-state index in [2.05, 4.69) is 15.8 Å². The molecule has 0 fully saturated rings. The molecule has 0 spiro atoms. The van der Waals surface area contributed by atoms with E-state index in [1.165, 1.54) is 6.21 Å². The van der Waals surface area contributed by atoms with Gasteiger partial charge in [0, 0.05) is 10.6 Å². The molecular weight excluding hydrogens is 390 g/mol. The SMILES string of the molecule is COc1ccc(C(=O)Nc2ccccc2C(=O)N/N=C\c2ccc(Cl)cc2)cc1. The Kier molecular flexibility index (Phi) is 6.60. The molecule has 0 bridgehead atoms. The van der Waals surface area contributed by atoms with E-state index >= 15 is 0 Å². The third kappa shape index (κ3) is 5.43. The summed E-state index contributed by atoms with van der Waals surface area (Å²) in [6.45, 7) is 0. The summed E-state index contributed by atoms with van der Waals surface area (Å²) < 4.78 is 5.09. The van der Waals surface area contributed by atoms with Crippen LogP contribution in [-0.4, -0.2) is 25.1 Å². The second-order valence-electron chi connectivity index (χ2n) is 5.98. The Morgan fingerprint density at radius 3 is 2.31 bits per heavy atom. The number of anilines is 1. The molecule has 0 aliphatic rings. The lowest BCUT2D eigenvalue weighted by molar-refractivity contribution is 0.0956. The molecule has 3 aromatic rings. The van der Waals surface area contributed by atoms with Crippen LogP contribution in [0.25, 0.3) is 0 Å². The molecule has 146 valence electrons. The van der Waals surface area contributed by atoms with Gasteiger partial charge < -0.3 is 10.1 Å². The molecule has 3 rings (SSSR count). The molecule has 0 aromatic heterocycles. The topological polar surface area (TPSA) is 79.8 Å². The fourth-order valence-electron chi connectivity index (χ4n) is 2.50. The van der Waals surface area contributed by atoms with Crippen molar-refractivity contribution in [2.75, 3.05) is 12.4 Å². The van der Waals surface area contributed by atoms with Crippen molar-refractivity contribution in [2.24, 2.45) is 5.10 Å². The average molecular weight is 408 g/mol. The average Bonchev–Trinajstić information content (AvgIpc) is 2.75. The van der Waals surface area contributed by atoms with Gasteiger partial charge in [0.15, 0.2) is 0 Å². The Labute approximate surface area is 173 Å². The molecule has 2 amide bonds. The molecule has 0 saturated heterocycles. The van der Waals surface area contributed by atoms with Gasteiger partial charge in [0.1, 0.15) is 5.75 Å². The van der Waals surface area contributed by atoms with Crippen LogP contribution in [0.2, 0.25) is 5.02 Å². The maximum absolute atomic E-state index is 12.5. The number of hydrogen-bond donors (Lipinski definition) is 2. The van der Waals surface area contributed by atoms with Crippen molar-refractivity contribution < 1.29 is 14.3 Å². The molecule has 7 heteroatoms. The van der Waals surface area contributed by atoms with Crippen LogP contribution in [0.15, 0.2) is 77.9 Å². The van der Waals surface area contributed by atoms with Crippen LogP contribution in [-0.2, 0) is 0 Å². The second-order valence-corrected chi connectivity index (χ2v) is 6.42. The number of nitrogens with zero attached hydrogens (tertiary/aromatic N) is 1. The van der Waals surface area contributed by atoms with Crippen molar-refractivity contribution >= 4 is 35.3 Å². The van der Waals surface area contributed by atoms with Gasteiger partial charge in [-0.05, 0) is 54.1 Å². The van der Waals surface area contributed by atoms with E-state index in [9.17, 15) is 9.59 Å². The van der Waals surface area contributed by atoms with E-state index < -0.39 is 5.91 Å². The van der Waals surface area contributed by atoms with Gasteiger partial charge in [-0.3, -0.25) is 9.59 Å². The molecule has 0 unspecified atom stereocenters. The first kappa shape index (κ1) is 20.1. The van der Waals surface area contributed by atoms with Gasteiger partial charge in [-0.1, -0.05) is 35.9 Å². The summed E-state index contributed by atoms with van der Waals surface area (Å²) in [5.74, 6) is -0.127. The summed E-state index contributed by atoms with van der Waals surface area (Å²) >= 11 is 5.84. The number of carbonyl (C=O) groups is 2. The Morgan fingerprint density at radius 1 is 0.931 bits per heavy atom. The monoisotopic (exact) mass is 407 g/mol. The second kappa shape index (κ2) is 9.52. The van der Waals surface area contributed by atoms with Crippen molar-refractivity contribution in [3.63, 3.8) is 0 Å². The number of benzene rings is 3. The fourth-order valence-corrected chi connectivity index (χ4v) is 2.63. The van der Waals surface area contributed by atoms with Gasteiger partial charge in [0.05, 0.1) is 24.6 Å². The molecule has 0 heterocycles. The van der Waals surface area contributed by atoms with Crippen LogP contribution in [0.3, 0.4) is 0 Å². The lowest BCUT2D eigenvalue weighted by atomic mass is 10.1. The zero-order valence-electron chi connectivity index (χ0n) is 15.6. The van der Waals surface area contributed by atoms with Gasteiger partial charge in [-0.25, -0.2) is 5.43 Å². The number of amides is 2. The molecule has 3 aromatic carbocycles. The highest BCUT2D eigenvalue weighted by Crippen LogP contribution is 2.18. The van der Waals surface area contributed by atoms with Gasteiger partial charge in [-0.15, -0.1) is 0 Å². The minimum absolute atomic E-state index is 0.294. The number of nitrogens with one attached hydrogen (secondary N) is 2. The number of methoxy groups -OCH3 is 1. The molecule has 0 saturated carbocycles. The van der Waals surface area contributed by atoms with Crippen molar-refractivity contribution in [1.29, 1.82) is 0 Å². The minimum Gasteiger partial charge on any atom is -0.497 e. The van der Waals surface area contributed by atoms with Crippen LogP contribution in [0.1, 0.15) is 26.3 Å². The number of hydrazone groups is 1. The number of halogens is 1. The summed E-state index contributed by atoms with van der Waals surface area (Å²) in [4.78, 5) is 25.0. The summed E-state index contributed by atoms with van der Waals surface area (Å²) in [7, 11) is 1.55. The normalized spacial score (nSPS) is 10.6. The highest BCUT2D eigenvalue weighted by molar-refractivity contribution is 6.30. The van der Waals surface area contributed by atoms with Crippen molar-refractivity contribution in [3.8, 4) is 5.75 Å². The Morgan fingerprint density at radius 2 is 1.62 bits per heavy atom. The number of hydrogen-bond acceptors (Lipinski definition) is 4. The minimum atomic E-state index is -0.444. The van der Waals surface area contributed by atoms with Crippen molar-refractivity contribution in [2.45, 2.75) is 0 Å². The van der Waals surface area contributed by atoms with Crippen LogP contribution >= 0.6 is 11.6 Å². The Bertz CT molecular complexity index is 1030. The number of ether oxygens (including phenoxy) is 1. The van der Waals surface area contributed by atoms with E-state index in [4.69, 9.17) is 16.3 Å². The lowest BCUT2D eigenvalue weighted by Crippen LogP contribution is -2.21. The molecule has 2 N–H and O–H groups in total. The van der Waals surface area contributed by atoms with Crippen LogP contribution in [0, 0.1) is 0 Å². The molecule has 0 aliphatic carbocycles. The third-order valence-corrected chi connectivity index (χ3v) is 4.27. The first-order valence-corrected chi connectivity index (χ1v) is 9.08. The molecule has 0 radical (unpaired) electrons. The molecule has 6 nitrogen and oxygen atoms in total. The van der Waals surface area contributed by atoms with Gasteiger partial charge in [-0.2, -0.15) is 5.10 Å². The van der Waals surface area contributed by atoms with Crippen LogP contribution < -0.4 is 15.5 Å². The lowest BCUT2D eigenvalue weighted by Gasteiger charge is -2.10. The largest absolute Gasteiger partial charge is 0.497 e. The zero-order valence-corrected chi connectivity index (χ0v) is 16.3. The number of carbonyl (C=O) groups excluding carboxylic acids is 2. The highest BCUT2D eigenvalue weighted by Gasteiger charge is 2.13. The smallest absolute Gasteiger partial charge is 0.273 e. The molecule has 0 aliphatic heterocycles. The van der Waals surface area contributed by atoms with E-state index in [0.29, 0.717) is 27.6 Å². The quantitative estimate of drug-likeness (QED) is 0.470. The Balaban J connectivity index is 1.69. The summed E-state index contributed by atoms with van der Waals surface area (Å²) in [6, 6.07) is 20.4. The van der Waals surface area contributed by atoms with E-state index in [-0.39, 0.29) is 5.91 Å². The fraction of sp³-hybridized carbons (Fsp3) is 0.0455. The standard InChI is InChI=1S/C22H18ClN3O3/c1-29-18-12-8-16(9-13-18)21(27)25-20-5-3-2-4-19(20)22(28)26-24-14-15-6-10-17(23)11-7-15/h2-14H,1H3,(H,25,27)(H,26,28)/b24-14-. The van der Waals surface area contributed by atoms with E-state index in [1.54, 1.807) is 79.9 Å². The number of rotatable bonds is 6. The zero-order chi connectivity index (χ0) is 20.6. The Hall–Kier alpha value is -3.64. The predicted octanol–water partition coefficient (Wildman–Crippen LogP) is 4.36. The third-order valence-electron chi connectivity index (χ3n) is 4.02. The maximum atomic E-state index is 12.5. The first-order valence-electron chi connectivity index (χ1n) is 8.70. The van der Waals surface area contributed by atoms with Crippen LogP contribution in [0.4, 0.5) is 5.69 Å². The molecule has 0 atom stereocenters. The highest BCUT2D eigenvalue weighted by atomic mass is 35.5. The summed E-state index contributed by atoms with van der Waals surface area (Å²) in [5.41, 5.74) is 4.37. The first-order chi connectivity index (χ1) is 14.1. The van der Waals surface area contributed by atoms with Gasteiger partial charge in [0.25, 0.3) is 11.8 Å². The van der Waals surface area contributed by atoms with E-state index in [1.807, 2.05) is 0 Å². The van der Waals surface area contributed by atoms with Gasteiger partial charge >= 0.3 is 0 Å². The number of para-hydroxylation sites is 1. The van der Waals surface area contributed by atoms with Crippen LogP contribution in [0.5, 0.6) is 5.75 Å².